The minimum Gasteiger partial charge on any atom is -0.316 e. The van der Waals surface area contributed by atoms with E-state index in [-0.39, 0.29) is 12.4 Å². The highest BCUT2D eigenvalue weighted by Gasteiger charge is 2.32. The van der Waals surface area contributed by atoms with Gasteiger partial charge in [-0.05, 0) is 67.9 Å². The molecule has 0 aliphatic carbocycles. The largest absolute Gasteiger partial charge is 0.316 e. The van der Waals surface area contributed by atoms with Crippen LogP contribution in [0, 0.1) is 5.41 Å². The number of halogens is 2. The third kappa shape index (κ3) is 4.35. The second-order valence-electron chi connectivity index (χ2n) is 6.84. The summed E-state index contributed by atoms with van der Waals surface area (Å²) in [7, 11) is 0. The van der Waals surface area contributed by atoms with Gasteiger partial charge >= 0.3 is 0 Å². The third-order valence-corrected chi connectivity index (χ3v) is 5.24. The minimum absolute atomic E-state index is 0. The average Bonchev–Trinajstić information content (AvgIpc) is 2.87. The van der Waals surface area contributed by atoms with E-state index in [9.17, 15) is 0 Å². The van der Waals surface area contributed by atoms with Crippen molar-refractivity contribution in [2.45, 2.75) is 32.1 Å². The van der Waals surface area contributed by atoms with Crippen molar-refractivity contribution in [3.63, 3.8) is 0 Å². The van der Waals surface area contributed by atoms with Crippen LogP contribution in [0.1, 0.15) is 37.7 Å². The lowest BCUT2D eigenvalue weighted by Gasteiger charge is -2.37. The molecule has 0 radical (unpaired) electrons. The van der Waals surface area contributed by atoms with Crippen molar-refractivity contribution in [2.75, 3.05) is 32.7 Å². The average molecular weight is 329 g/mol. The van der Waals surface area contributed by atoms with Gasteiger partial charge in [-0.25, -0.2) is 0 Å². The van der Waals surface area contributed by atoms with Crippen LogP contribution < -0.4 is 5.32 Å². The summed E-state index contributed by atoms with van der Waals surface area (Å²) in [6.45, 7) is 8.54. The van der Waals surface area contributed by atoms with E-state index >= 15 is 0 Å². The molecule has 0 bridgehead atoms. The molecule has 0 amide bonds. The lowest BCUT2D eigenvalue weighted by atomic mass is 9.86. The molecule has 118 valence electrons. The predicted molar refractivity (Wildman–Crippen MR) is 92.7 cm³/mol. The van der Waals surface area contributed by atoms with Crippen LogP contribution in [0.3, 0.4) is 0 Å². The summed E-state index contributed by atoms with van der Waals surface area (Å²) in [5.74, 6) is 0.720. The second kappa shape index (κ2) is 7.32. The summed E-state index contributed by atoms with van der Waals surface area (Å²) in [6, 6.07) is 8.44. The molecular weight excluding hydrogens is 303 g/mol. The standard InChI is InChI=1S/C17H25ClN2.ClH/c1-17(8-9-19-12-17)13-20-10-6-15(7-11-20)14-2-4-16(18)5-3-14;/h2-5,15,19H,6-13H2,1H3;1H. The smallest absolute Gasteiger partial charge is 0.0406 e. The first kappa shape index (κ1) is 17.1. The van der Waals surface area contributed by atoms with Crippen LogP contribution >= 0.6 is 24.0 Å². The Morgan fingerprint density at radius 3 is 2.48 bits per heavy atom. The first-order chi connectivity index (χ1) is 9.65. The van der Waals surface area contributed by atoms with Crippen molar-refractivity contribution >= 4 is 24.0 Å². The lowest BCUT2D eigenvalue weighted by molar-refractivity contribution is 0.144. The van der Waals surface area contributed by atoms with Crippen LogP contribution in [-0.4, -0.2) is 37.6 Å². The molecule has 3 rings (SSSR count). The minimum atomic E-state index is 0. The molecule has 21 heavy (non-hydrogen) atoms. The summed E-state index contributed by atoms with van der Waals surface area (Å²) in [4.78, 5) is 2.67. The molecule has 1 aromatic carbocycles. The fourth-order valence-electron chi connectivity index (χ4n) is 3.70. The molecule has 1 unspecified atom stereocenters. The highest BCUT2D eigenvalue weighted by Crippen LogP contribution is 2.32. The van der Waals surface area contributed by atoms with Gasteiger partial charge in [0.2, 0.25) is 0 Å². The molecule has 2 heterocycles. The Kier molecular flexibility index (Phi) is 5.96. The summed E-state index contributed by atoms with van der Waals surface area (Å²) >= 11 is 5.97. The maximum Gasteiger partial charge on any atom is 0.0406 e. The topological polar surface area (TPSA) is 15.3 Å². The number of nitrogens with zero attached hydrogens (tertiary/aromatic N) is 1. The monoisotopic (exact) mass is 328 g/mol. The lowest BCUT2D eigenvalue weighted by Crippen LogP contribution is -2.41. The van der Waals surface area contributed by atoms with Gasteiger partial charge in [-0.3, -0.25) is 0 Å². The first-order valence-electron chi connectivity index (χ1n) is 7.83. The summed E-state index contributed by atoms with van der Waals surface area (Å²) in [6.07, 6.45) is 3.89. The van der Waals surface area contributed by atoms with E-state index in [4.69, 9.17) is 11.6 Å². The van der Waals surface area contributed by atoms with Gasteiger partial charge in [0, 0.05) is 18.1 Å². The number of hydrogen-bond donors (Lipinski definition) is 1. The van der Waals surface area contributed by atoms with E-state index in [1.54, 1.807) is 0 Å². The zero-order valence-electron chi connectivity index (χ0n) is 12.8. The highest BCUT2D eigenvalue weighted by atomic mass is 35.5. The number of piperidine rings is 1. The summed E-state index contributed by atoms with van der Waals surface area (Å²) in [5, 5.41) is 4.34. The van der Waals surface area contributed by atoms with E-state index in [2.05, 4.69) is 29.3 Å². The van der Waals surface area contributed by atoms with Gasteiger partial charge in [-0.15, -0.1) is 12.4 Å². The zero-order chi connectivity index (χ0) is 14.0. The van der Waals surface area contributed by atoms with Crippen molar-refractivity contribution in [1.29, 1.82) is 0 Å². The predicted octanol–water partition coefficient (Wildman–Crippen LogP) is 3.94. The number of hydrogen-bond acceptors (Lipinski definition) is 2. The van der Waals surface area contributed by atoms with Crippen molar-refractivity contribution in [3.05, 3.63) is 34.9 Å². The van der Waals surface area contributed by atoms with E-state index in [0.29, 0.717) is 5.41 Å². The Hall–Kier alpha value is -0.280. The SMILES string of the molecule is CC1(CN2CCC(c3ccc(Cl)cc3)CC2)CCNC1.Cl. The normalized spacial score (nSPS) is 27.5. The Balaban J connectivity index is 0.00000161. The molecule has 0 saturated carbocycles. The third-order valence-electron chi connectivity index (χ3n) is 4.99. The maximum atomic E-state index is 5.97. The molecule has 1 atom stereocenters. The number of likely N-dealkylation sites (tertiary alicyclic amines) is 1. The number of nitrogens with one attached hydrogen (secondary N) is 1. The fraction of sp³-hybridized carbons (Fsp3) is 0.647. The molecule has 1 aromatic rings. The fourth-order valence-corrected chi connectivity index (χ4v) is 3.83. The van der Waals surface area contributed by atoms with Crippen molar-refractivity contribution in [3.8, 4) is 0 Å². The Labute approximate surface area is 139 Å². The number of benzene rings is 1. The van der Waals surface area contributed by atoms with E-state index in [1.165, 1.54) is 57.5 Å². The molecule has 2 nitrogen and oxygen atoms in total. The second-order valence-corrected chi connectivity index (χ2v) is 7.28. The number of rotatable bonds is 3. The van der Waals surface area contributed by atoms with Crippen molar-refractivity contribution in [1.82, 2.24) is 10.2 Å². The van der Waals surface area contributed by atoms with Crippen LogP contribution in [0.25, 0.3) is 0 Å². The van der Waals surface area contributed by atoms with Gasteiger partial charge in [0.15, 0.2) is 0 Å². The van der Waals surface area contributed by atoms with Gasteiger partial charge in [-0.2, -0.15) is 0 Å². The van der Waals surface area contributed by atoms with Gasteiger partial charge in [0.1, 0.15) is 0 Å². The van der Waals surface area contributed by atoms with E-state index in [0.717, 1.165) is 10.9 Å². The van der Waals surface area contributed by atoms with Crippen LogP contribution in [0.5, 0.6) is 0 Å². The van der Waals surface area contributed by atoms with Crippen LogP contribution in [0.15, 0.2) is 24.3 Å². The summed E-state index contributed by atoms with van der Waals surface area (Å²) < 4.78 is 0. The summed E-state index contributed by atoms with van der Waals surface area (Å²) in [5.41, 5.74) is 1.95. The maximum absolute atomic E-state index is 5.97. The molecule has 2 fully saturated rings. The van der Waals surface area contributed by atoms with Gasteiger partial charge < -0.3 is 10.2 Å². The molecule has 2 aliphatic rings. The first-order valence-corrected chi connectivity index (χ1v) is 8.21. The molecular formula is C17H26Cl2N2. The van der Waals surface area contributed by atoms with Gasteiger partial charge in [0.05, 0.1) is 0 Å². The van der Waals surface area contributed by atoms with Crippen molar-refractivity contribution < 1.29 is 0 Å². The molecule has 0 aromatic heterocycles. The highest BCUT2D eigenvalue weighted by molar-refractivity contribution is 6.30. The Morgan fingerprint density at radius 1 is 1.24 bits per heavy atom. The quantitative estimate of drug-likeness (QED) is 0.904. The van der Waals surface area contributed by atoms with Crippen LogP contribution in [0.4, 0.5) is 0 Å². The molecule has 4 heteroatoms. The van der Waals surface area contributed by atoms with Crippen LogP contribution in [0.2, 0.25) is 5.02 Å². The van der Waals surface area contributed by atoms with E-state index in [1.807, 2.05) is 12.1 Å². The van der Waals surface area contributed by atoms with Gasteiger partial charge in [0.25, 0.3) is 0 Å². The Morgan fingerprint density at radius 2 is 1.90 bits per heavy atom. The van der Waals surface area contributed by atoms with E-state index < -0.39 is 0 Å². The van der Waals surface area contributed by atoms with Crippen LogP contribution in [-0.2, 0) is 0 Å². The molecule has 2 aliphatic heterocycles. The zero-order valence-corrected chi connectivity index (χ0v) is 14.3. The van der Waals surface area contributed by atoms with Crippen molar-refractivity contribution in [2.24, 2.45) is 5.41 Å². The molecule has 0 spiro atoms. The molecule has 1 N–H and O–H groups in total. The van der Waals surface area contributed by atoms with Gasteiger partial charge in [-0.1, -0.05) is 30.7 Å². The Bertz CT molecular complexity index is 433. The molecule has 2 saturated heterocycles.